The van der Waals surface area contributed by atoms with Crippen molar-refractivity contribution in [3.05, 3.63) is 67.8 Å². The van der Waals surface area contributed by atoms with Crippen molar-refractivity contribution in [1.29, 1.82) is 0 Å². The van der Waals surface area contributed by atoms with Gasteiger partial charge in [0.1, 0.15) is 5.75 Å². The van der Waals surface area contributed by atoms with E-state index in [-0.39, 0.29) is 6.42 Å². The zero-order valence-electron chi connectivity index (χ0n) is 16.0. The molecule has 1 aliphatic rings. The van der Waals surface area contributed by atoms with E-state index in [1.807, 2.05) is 0 Å². The second-order valence-electron chi connectivity index (χ2n) is 6.14. The van der Waals surface area contributed by atoms with Crippen LogP contribution in [-0.4, -0.2) is 55.8 Å². The van der Waals surface area contributed by atoms with E-state index in [9.17, 15) is 20.2 Å². The second kappa shape index (κ2) is 8.46. The monoisotopic (exact) mass is 394 g/mol. The summed E-state index contributed by atoms with van der Waals surface area (Å²) in [6, 6.07) is 7.07. The van der Waals surface area contributed by atoms with Gasteiger partial charge in [0.25, 0.3) is 6.10 Å². The van der Waals surface area contributed by atoms with E-state index in [1.165, 1.54) is 6.08 Å². The zero-order valence-corrected chi connectivity index (χ0v) is 16.0. The fourth-order valence-corrected chi connectivity index (χ4v) is 3.28. The van der Waals surface area contributed by atoms with Crippen LogP contribution < -0.4 is 4.74 Å². The van der Waals surface area contributed by atoms with Crippen LogP contribution in [0.3, 0.4) is 0 Å². The number of rotatable bonds is 8. The summed E-state index contributed by atoms with van der Waals surface area (Å²) in [5.41, 5.74) is -3.38. The highest BCUT2D eigenvalue weighted by molar-refractivity contribution is 5.54. The number of nitro groups is 2. The largest absolute Gasteiger partial charge is 0.497 e. The molecule has 0 amide bonds. The lowest BCUT2D eigenvalue weighted by molar-refractivity contribution is -0.691. The van der Waals surface area contributed by atoms with Gasteiger partial charge < -0.3 is 18.9 Å². The van der Waals surface area contributed by atoms with E-state index >= 15 is 0 Å². The molecule has 1 aliphatic carbocycles. The first-order chi connectivity index (χ1) is 13.3. The number of hydrogen-bond acceptors (Lipinski definition) is 8. The van der Waals surface area contributed by atoms with Crippen LogP contribution in [0.5, 0.6) is 5.75 Å². The maximum atomic E-state index is 11.9. The Bertz CT molecular complexity index is 791. The molecule has 0 fully saturated rings. The lowest BCUT2D eigenvalue weighted by Crippen LogP contribution is -2.67. The summed E-state index contributed by atoms with van der Waals surface area (Å²) >= 11 is 0. The lowest BCUT2D eigenvalue weighted by atomic mass is 9.82. The molecule has 0 saturated heterocycles. The van der Waals surface area contributed by atoms with Crippen LogP contribution in [0.15, 0.2) is 42.0 Å². The van der Waals surface area contributed by atoms with E-state index in [2.05, 4.69) is 0 Å². The number of hydrogen-bond donors (Lipinski definition) is 0. The van der Waals surface area contributed by atoms with Gasteiger partial charge in [-0.2, -0.15) is 0 Å². The first-order valence-electron chi connectivity index (χ1n) is 8.25. The molecule has 0 heterocycles. The summed E-state index contributed by atoms with van der Waals surface area (Å²) < 4.78 is 20.5. The fraction of sp³-hybridized carbons (Fsp3) is 0.444. The van der Waals surface area contributed by atoms with Crippen LogP contribution in [0.25, 0.3) is 6.08 Å². The van der Waals surface area contributed by atoms with Crippen LogP contribution in [0.4, 0.5) is 0 Å². The maximum Gasteiger partial charge on any atom is 0.381 e. The standard InChI is InChI=1S/C18H22N2O8/c1-25-15-9-7-13(8-10-15)5-6-14-11-17(27-3,19(21)22)16(26-2)18(12-14,28-4)20(23)24/h5-11,16H,12H2,1-4H3. The van der Waals surface area contributed by atoms with Gasteiger partial charge in [0.15, 0.2) is 0 Å². The third-order valence-electron chi connectivity index (χ3n) is 4.75. The SMILES string of the molecule is COc1ccc(C=CC2=CC(OC)([N+](=O)[O-])C(OC)C(OC)([N+](=O)[O-])C2)cc1. The van der Waals surface area contributed by atoms with Crippen molar-refractivity contribution >= 4 is 6.08 Å². The molecule has 0 aliphatic heterocycles. The third-order valence-corrected chi connectivity index (χ3v) is 4.75. The lowest BCUT2D eigenvalue weighted by Gasteiger charge is -2.39. The van der Waals surface area contributed by atoms with Gasteiger partial charge in [0.05, 0.1) is 23.4 Å². The van der Waals surface area contributed by atoms with Crippen LogP contribution in [0.2, 0.25) is 0 Å². The Labute approximate surface area is 161 Å². The molecule has 0 aromatic heterocycles. The normalized spacial score (nSPS) is 27.4. The molecule has 1 aromatic rings. The molecule has 0 spiro atoms. The fourth-order valence-electron chi connectivity index (χ4n) is 3.28. The molecule has 0 bridgehead atoms. The van der Waals surface area contributed by atoms with Gasteiger partial charge in [-0.3, -0.25) is 20.2 Å². The van der Waals surface area contributed by atoms with Crippen molar-refractivity contribution in [1.82, 2.24) is 0 Å². The molecule has 10 heteroatoms. The maximum absolute atomic E-state index is 11.9. The van der Waals surface area contributed by atoms with Crippen LogP contribution in [-0.2, 0) is 14.2 Å². The van der Waals surface area contributed by atoms with Gasteiger partial charge in [-0.05, 0) is 23.3 Å². The molecule has 3 atom stereocenters. The average molecular weight is 394 g/mol. The van der Waals surface area contributed by atoms with Crippen LogP contribution in [0.1, 0.15) is 12.0 Å². The minimum Gasteiger partial charge on any atom is -0.497 e. The summed E-state index contributed by atoms with van der Waals surface area (Å²) in [4.78, 5) is 22.2. The quantitative estimate of drug-likeness (QED) is 0.374. The number of nitrogens with zero attached hydrogens (tertiary/aromatic N) is 2. The Hall–Kier alpha value is -2.82. The van der Waals surface area contributed by atoms with E-state index in [4.69, 9.17) is 18.9 Å². The predicted octanol–water partition coefficient (Wildman–Crippen LogP) is 2.29. The van der Waals surface area contributed by atoms with E-state index in [0.29, 0.717) is 11.3 Å². The van der Waals surface area contributed by atoms with Crippen molar-refractivity contribution in [3.8, 4) is 5.75 Å². The van der Waals surface area contributed by atoms with Crippen molar-refractivity contribution in [2.75, 3.05) is 28.4 Å². The molecular weight excluding hydrogens is 372 g/mol. The van der Waals surface area contributed by atoms with Gasteiger partial charge in [-0.25, -0.2) is 0 Å². The van der Waals surface area contributed by atoms with E-state index < -0.39 is 27.4 Å². The first-order valence-corrected chi connectivity index (χ1v) is 8.25. The van der Waals surface area contributed by atoms with Crippen molar-refractivity contribution in [2.24, 2.45) is 0 Å². The highest BCUT2D eigenvalue weighted by Gasteiger charge is 2.70. The second-order valence-corrected chi connectivity index (χ2v) is 6.14. The average Bonchev–Trinajstić information content (AvgIpc) is 2.71. The van der Waals surface area contributed by atoms with E-state index in [0.717, 1.165) is 26.9 Å². The predicted molar refractivity (Wildman–Crippen MR) is 99.0 cm³/mol. The number of ether oxygens (including phenoxy) is 4. The van der Waals surface area contributed by atoms with Crippen molar-refractivity contribution < 1.29 is 28.8 Å². The summed E-state index contributed by atoms with van der Waals surface area (Å²) in [6.07, 6.45) is 2.63. The minimum atomic E-state index is -2.28. The van der Waals surface area contributed by atoms with Crippen molar-refractivity contribution in [3.63, 3.8) is 0 Å². The summed E-state index contributed by atoms with van der Waals surface area (Å²) in [6.45, 7) is 0. The summed E-state index contributed by atoms with van der Waals surface area (Å²) in [5.74, 6) is 0.676. The Kier molecular flexibility index (Phi) is 6.49. The van der Waals surface area contributed by atoms with Crippen LogP contribution >= 0.6 is 0 Å². The Morgan fingerprint density at radius 2 is 1.64 bits per heavy atom. The number of benzene rings is 1. The Morgan fingerprint density at radius 3 is 2.07 bits per heavy atom. The molecule has 0 radical (unpaired) electrons. The van der Waals surface area contributed by atoms with Crippen molar-refractivity contribution in [2.45, 2.75) is 24.0 Å². The Morgan fingerprint density at radius 1 is 1.00 bits per heavy atom. The van der Waals surface area contributed by atoms with E-state index in [1.54, 1.807) is 43.5 Å². The topological polar surface area (TPSA) is 123 Å². The summed E-state index contributed by atoms with van der Waals surface area (Å²) in [5, 5.41) is 23.7. The number of methoxy groups -OCH3 is 4. The van der Waals surface area contributed by atoms with Gasteiger partial charge >= 0.3 is 11.4 Å². The molecule has 2 rings (SSSR count). The molecule has 1 aromatic carbocycles. The number of allylic oxidation sites excluding steroid dienone is 1. The molecule has 28 heavy (non-hydrogen) atoms. The Balaban J connectivity index is 2.53. The van der Waals surface area contributed by atoms with Gasteiger partial charge in [0.2, 0.25) is 0 Å². The molecule has 10 nitrogen and oxygen atoms in total. The van der Waals surface area contributed by atoms with Crippen LogP contribution in [0, 0.1) is 20.2 Å². The minimum absolute atomic E-state index is 0.236. The molecule has 3 unspecified atom stereocenters. The molecule has 0 N–H and O–H groups in total. The highest BCUT2D eigenvalue weighted by atomic mass is 16.7. The van der Waals surface area contributed by atoms with Gasteiger partial charge in [0, 0.05) is 27.4 Å². The van der Waals surface area contributed by atoms with Gasteiger partial charge in [-0.1, -0.05) is 24.3 Å². The molecule has 152 valence electrons. The van der Waals surface area contributed by atoms with Gasteiger partial charge in [-0.15, -0.1) is 0 Å². The third kappa shape index (κ3) is 3.61. The first kappa shape index (κ1) is 21.5. The molecule has 0 saturated carbocycles. The molecular formula is C18H22N2O8. The highest BCUT2D eigenvalue weighted by Crippen LogP contribution is 2.42. The zero-order chi connectivity index (χ0) is 20.9. The smallest absolute Gasteiger partial charge is 0.381 e. The summed E-state index contributed by atoms with van der Waals surface area (Å²) in [7, 11) is 4.91.